The highest BCUT2D eigenvalue weighted by Gasteiger charge is 2.47. The molecule has 37 heavy (non-hydrogen) atoms. The lowest BCUT2D eigenvalue weighted by Gasteiger charge is -2.25. The standard InChI is InChI=1S/C23H29N4O9P/c1-13(2)34-22(30)15(4)26-37(32,36-16-8-6-5-7-9-16)33-12-18-19(28)17(10-24)21(35-18)27-11-14(3)20(29)25-23(27)31/h5-9,11,13,15,17-19,21,28H,12H2,1-4H3,(H,26,32)(H,25,29,31)/t15-,17+,18+,19-,21+,37-/m0/s1. The number of carbonyl (C=O) groups is 1. The Labute approximate surface area is 212 Å². The summed E-state index contributed by atoms with van der Waals surface area (Å²) >= 11 is 0. The maximum absolute atomic E-state index is 13.6. The fourth-order valence-electron chi connectivity index (χ4n) is 3.54. The number of ether oxygens (including phenoxy) is 2. The lowest BCUT2D eigenvalue weighted by atomic mass is 10.0. The molecular formula is C23H29N4O9P. The third-order valence-corrected chi connectivity index (χ3v) is 7.02. The maximum atomic E-state index is 13.6. The molecule has 3 N–H and O–H groups in total. The zero-order chi connectivity index (χ0) is 27.3. The zero-order valence-electron chi connectivity index (χ0n) is 20.7. The number of hydrogen-bond donors (Lipinski definition) is 3. The molecule has 0 bridgehead atoms. The Bertz CT molecular complexity index is 1300. The third kappa shape index (κ3) is 6.94. The van der Waals surface area contributed by atoms with E-state index in [4.69, 9.17) is 18.5 Å². The van der Waals surface area contributed by atoms with Crippen LogP contribution in [0.1, 0.15) is 32.6 Å². The van der Waals surface area contributed by atoms with Crippen molar-refractivity contribution in [3.8, 4) is 11.8 Å². The number of aliphatic hydroxyl groups excluding tert-OH is 1. The molecule has 0 amide bonds. The van der Waals surface area contributed by atoms with Crippen LogP contribution in [0.15, 0.2) is 46.1 Å². The lowest BCUT2D eigenvalue weighted by Crippen LogP contribution is -2.37. The Hall–Kier alpha value is -3.27. The van der Waals surface area contributed by atoms with Crippen LogP contribution in [0.2, 0.25) is 0 Å². The summed E-state index contributed by atoms with van der Waals surface area (Å²) in [5, 5.41) is 22.8. The number of aromatic nitrogens is 2. The van der Waals surface area contributed by atoms with Gasteiger partial charge in [0.05, 0.1) is 18.8 Å². The van der Waals surface area contributed by atoms with Gasteiger partial charge in [-0.05, 0) is 39.8 Å². The van der Waals surface area contributed by atoms with Gasteiger partial charge in [-0.25, -0.2) is 9.36 Å². The van der Waals surface area contributed by atoms with Crippen molar-refractivity contribution >= 4 is 13.7 Å². The van der Waals surface area contributed by atoms with Crippen LogP contribution >= 0.6 is 7.75 Å². The van der Waals surface area contributed by atoms with Crippen molar-refractivity contribution in [2.45, 2.75) is 58.3 Å². The van der Waals surface area contributed by atoms with Gasteiger partial charge in [-0.15, -0.1) is 0 Å². The second-order valence-corrected chi connectivity index (χ2v) is 10.4. The molecule has 1 fully saturated rings. The second kappa shape index (κ2) is 11.9. The maximum Gasteiger partial charge on any atom is 0.459 e. The van der Waals surface area contributed by atoms with Crippen molar-refractivity contribution in [2.24, 2.45) is 5.92 Å². The monoisotopic (exact) mass is 536 g/mol. The van der Waals surface area contributed by atoms with Crippen LogP contribution < -0.4 is 20.9 Å². The van der Waals surface area contributed by atoms with Gasteiger partial charge in [0.1, 0.15) is 29.9 Å². The van der Waals surface area contributed by atoms with Gasteiger partial charge in [0.15, 0.2) is 6.23 Å². The molecule has 1 aliphatic heterocycles. The lowest BCUT2D eigenvalue weighted by molar-refractivity contribution is -0.149. The first kappa shape index (κ1) is 28.3. The minimum atomic E-state index is -4.26. The summed E-state index contributed by atoms with van der Waals surface area (Å²) < 4.78 is 36.6. The molecule has 200 valence electrons. The van der Waals surface area contributed by atoms with Gasteiger partial charge in [0, 0.05) is 11.8 Å². The number of aliphatic hydroxyl groups is 1. The molecule has 0 aliphatic carbocycles. The van der Waals surface area contributed by atoms with Crippen LogP contribution in [-0.2, 0) is 23.4 Å². The van der Waals surface area contributed by atoms with Gasteiger partial charge >= 0.3 is 19.4 Å². The quantitative estimate of drug-likeness (QED) is 0.295. The molecule has 1 aromatic heterocycles. The highest BCUT2D eigenvalue weighted by atomic mass is 31.2. The van der Waals surface area contributed by atoms with Gasteiger partial charge in [0.2, 0.25) is 0 Å². The number of para-hydroxylation sites is 1. The first-order valence-electron chi connectivity index (χ1n) is 11.5. The molecule has 0 unspecified atom stereocenters. The van der Waals surface area contributed by atoms with Crippen LogP contribution in [0, 0.1) is 24.2 Å². The van der Waals surface area contributed by atoms with Crippen LogP contribution in [0.3, 0.4) is 0 Å². The minimum absolute atomic E-state index is 0.179. The largest absolute Gasteiger partial charge is 0.462 e. The number of nitrogens with one attached hydrogen (secondary N) is 2. The highest BCUT2D eigenvalue weighted by molar-refractivity contribution is 7.52. The van der Waals surface area contributed by atoms with E-state index in [0.717, 1.165) is 4.57 Å². The molecule has 13 nitrogen and oxygen atoms in total. The number of aryl methyl sites for hydroxylation is 1. The van der Waals surface area contributed by atoms with Gasteiger partial charge < -0.3 is 19.1 Å². The molecule has 14 heteroatoms. The Morgan fingerprint density at radius 3 is 2.59 bits per heavy atom. The van der Waals surface area contributed by atoms with Crippen molar-refractivity contribution in [1.29, 1.82) is 5.26 Å². The average Bonchev–Trinajstić information content (AvgIpc) is 3.15. The van der Waals surface area contributed by atoms with E-state index in [1.807, 2.05) is 6.07 Å². The second-order valence-electron chi connectivity index (χ2n) is 8.72. The van der Waals surface area contributed by atoms with Crippen LogP contribution in [0.5, 0.6) is 5.75 Å². The Kier molecular flexibility index (Phi) is 9.07. The van der Waals surface area contributed by atoms with E-state index < -0.39 is 68.1 Å². The van der Waals surface area contributed by atoms with Gasteiger partial charge in [-0.3, -0.25) is 23.7 Å². The molecule has 1 aliphatic rings. The Balaban J connectivity index is 1.81. The molecule has 0 spiro atoms. The number of benzene rings is 1. The van der Waals surface area contributed by atoms with E-state index in [2.05, 4.69) is 10.1 Å². The normalized spacial score (nSPS) is 23.7. The number of H-pyrrole nitrogens is 1. The summed E-state index contributed by atoms with van der Waals surface area (Å²) in [5.41, 5.74) is -1.23. The number of nitrogens with zero attached hydrogens (tertiary/aromatic N) is 2. The molecule has 2 aromatic rings. The fraction of sp³-hybridized carbons (Fsp3) is 0.478. The topological polar surface area (TPSA) is 182 Å². The number of hydrogen-bond acceptors (Lipinski definition) is 10. The molecule has 1 aromatic carbocycles. The summed E-state index contributed by atoms with van der Waals surface area (Å²) in [5.74, 6) is -1.72. The first-order chi connectivity index (χ1) is 17.4. The summed E-state index contributed by atoms with van der Waals surface area (Å²) in [6.45, 7) is 5.68. The van der Waals surface area contributed by atoms with E-state index in [9.17, 15) is 29.3 Å². The van der Waals surface area contributed by atoms with E-state index in [0.29, 0.717) is 0 Å². The Morgan fingerprint density at radius 1 is 1.30 bits per heavy atom. The van der Waals surface area contributed by atoms with E-state index in [-0.39, 0.29) is 11.3 Å². The molecule has 0 radical (unpaired) electrons. The number of aromatic amines is 1. The molecule has 1 saturated heterocycles. The van der Waals surface area contributed by atoms with Crippen molar-refractivity contribution in [1.82, 2.24) is 14.6 Å². The molecule has 2 heterocycles. The highest BCUT2D eigenvalue weighted by Crippen LogP contribution is 2.46. The van der Waals surface area contributed by atoms with Crippen LogP contribution in [0.4, 0.5) is 0 Å². The van der Waals surface area contributed by atoms with E-state index in [1.165, 1.54) is 32.2 Å². The van der Waals surface area contributed by atoms with Crippen molar-refractivity contribution < 1.29 is 33.0 Å². The van der Waals surface area contributed by atoms with Crippen LogP contribution in [-0.4, -0.2) is 51.6 Å². The minimum Gasteiger partial charge on any atom is -0.462 e. The fourth-order valence-corrected chi connectivity index (χ4v) is 5.04. The first-order valence-corrected chi connectivity index (χ1v) is 13.0. The van der Waals surface area contributed by atoms with Crippen molar-refractivity contribution in [3.63, 3.8) is 0 Å². The number of rotatable bonds is 10. The number of carbonyl (C=O) groups excluding carboxylic acids is 1. The SMILES string of the molecule is Cc1cn([C@@H]2O[C@H](CO[P@@](=O)(N[C@@H](C)C(=O)OC(C)C)Oc3ccccc3)[C@@H](O)[C@H]2C#N)c(=O)[nH]c1=O. The van der Waals surface area contributed by atoms with Crippen molar-refractivity contribution in [3.05, 3.63) is 62.9 Å². The van der Waals surface area contributed by atoms with Gasteiger partial charge in [-0.2, -0.15) is 10.3 Å². The van der Waals surface area contributed by atoms with Gasteiger partial charge in [0.25, 0.3) is 5.56 Å². The predicted molar refractivity (Wildman–Crippen MR) is 130 cm³/mol. The number of nitriles is 1. The van der Waals surface area contributed by atoms with Crippen molar-refractivity contribution in [2.75, 3.05) is 6.61 Å². The Morgan fingerprint density at radius 2 is 1.97 bits per heavy atom. The predicted octanol–water partition coefficient (Wildman–Crippen LogP) is 1.38. The summed E-state index contributed by atoms with van der Waals surface area (Å²) in [6, 6.07) is 8.88. The smallest absolute Gasteiger partial charge is 0.459 e. The molecular weight excluding hydrogens is 507 g/mol. The summed E-state index contributed by atoms with van der Waals surface area (Å²) in [6.07, 6.45) is -3.09. The van der Waals surface area contributed by atoms with E-state index >= 15 is 0 Å². The third-order valence-electron chi connectivity index (χ3n) is 5.37. The summed E-state index contributed by atoms with van der Waals surface area (Å²) in [7, 11) is -4.26. The van der Waals surface area contributed by atoms with E-state index in [1.54, 1.807) is 32.0 Å². The molecule has 6 atom stereocenters. The van der Waals surface area contributed by atoms with Crippen LogP contribution in [0.25, 0.3) is 0 Å². The average molecular weight is 536 g/mol. The van der Waals surface area contributed by atoms with Gasteiger partial charge in [-0.1, -0.05) is 18.2 Å². The molecule has 0 saturated carbocycles. The molecule has 3 rings (SSSR count). The summed E-state index contributed by atoms with van der Waals surface area (Å²) in [4.78, 5) is 38.4. The number of esters is 1. The zero-order valence-corrected chi connectivity index (χ0v) is 21.6.